The average Bonchev–Trinajstić information content (AvgIpc) is 2.71. The van der Waals surface area contributed by atoms with Gasteiger partial charge in [0.15, 0.2) is 0 Å². The summed E-state index contributed by atoms with van der Waals surface area (Å²) in [6.07, 6.45) is 6.66. The summed E-state index contributed by atoms with van der Waals surface area (Å²) in [5.41, 5.74) is 1.47. The number of halogens is 1. The van der Waals surface area contributed by atoms with Gasteiger partial charge in [-0.15, -0.1) is 0 Å². The van der Waals surface area contributed by atoms with Gasteiger partial charge in [-0.1, -0.05) is 0 Å². The molecule has 1 saturated heterocycles. The van der Waals surface area contributed by atoms with Gasteiger partial charge in [-0.3, -0.25) is 9.78 Å². The Labute approximate surface area is 164 Å². The van der Waals surface area contributed by atoms with Crippen molar-refractivity contribution in [1.29, 1.82) is 0 Å². The molecule has 0 aromatic carbocycles. The highest BCUT2D eigenvalue weighted by Crippen LogP contribution is 2.16. The minimum Gasteiger partial charge on any atom is -0.373 e. The Hall–Kier alpha value is -2.65. The van der Waals surface area contributed by atoms with Crippen molar-refractivity contribution < 1.29 is 4.74 Å². The third-order valence-electron chi connectivity index (χ3n) is 4.25. The summed E-state index contributed by atoms with van der Waals surface area (Å²) in [5, 5.41) is 4.49. The van der Waals surface area contributed by atoms with Crippen LogP contribution < -0.4 is 10.5 Å². The predicted molar refractivity (Wildman–Crippen MR) is 103 cm³/mol. The van der Waals surface area contributed by atoms with E-state index in [1.807, 2.05) is 12.1 Å². The molecular formula is C18H17BrN6O2. The first-order valence-corrected chi connectivity index (χ1v) is 9.31. The number of rotatable bonds is 4. The summed E-state index contributed by atoms with van der Waals surface area (Å²) in [7, 11) is 0. The van der Waals surface area contributed by atoms with Gasteiger partial charge in [-0.05, 0) is 34.1 Å². The predicted octanol–water partition coefficient (Wildman–Crippen LogP) is 1.76. The van der Waals surface area contributed by atoms with E-state index in [1.165, 1.54) is 10.7 Å². The quantitative estimate of drug-likeness (QED) is 0.625. The van der Waals surface area contributed by atoms with Crippen molar-refractivity contribution in [1.82, 2.24) is 24.7 Å². The molecule has 0 unspecified atom stereocenters. The van der Waals surface area contributed by atoms with Crippen molar-refractivity contribution in [2.45, 2.75) is 12.6 Å². The Bertz CT molecular complexity index is 964. The van der Waals surface area contributed by atoms with Crippen LogP contribution in [-0.2, 0) is 11.3 Å². The van der Waals surface area contributed by atoms with E-state index in [9.17, 15) is 4.79 Å². The van der Waals surface area contributed by atoms with Gasteiger partial charge in [0.25, 0.3) is 5.56 Å². The van der Waals surface area contributed by atoms with Gasteiger partial charge >= 0.3 is 0 Å². The lowest BCUT2D eigenvalue weighted by Gasteiger charge is -2.32. The lowest BCUT2D eigenvalue weighted by atomic mass is 10.2. The molecule has 0 amide bonds. The van der Waals surface area contributed by atoms with E-state index in [1.54, 1.807) is 30.9 Å². The molecule has 1 atom stereocenters. The lowest BCUT2D eigenvalue weighted by molar-refractivity contribution is 0.0260. The molecule has 0 aliphatic carbocycles. The van der Waals surface area contributed by atoms with Gasteiger partial charge < -0.3 is 9.64 Å². The summed E-state index contributed by atoms with van der Waals surface area (Å²) in [4.78, 5) is 27.0. The van der Waals surface area contributed by atoms with Crippen molar-refractivity contribution in [3.63, 3.8) is 0 Å². The Kier molecular flexibility index (Phi) is 5.21. The number of ether oxygens (including phenoxy) is 1. The van der Waals surface area contributed by atoms with Crippen LogP contribution in [0, 0.1) is 0 Å². The maximum atomic E-state index is 12.3. The molecule has 0 N–H and O–H groups in total. The van der Waals surface area contributed by atoms with E-state index in [0.29, 0.717) is 32.2 Å². The number of hydrogen-bond acceptors (Lipinski definition) is 7. The first-order valence-electron chi connectivity index (χ1n) is 8.52. The fourth-order valence-electron chi connectivity index (χ4n) is 2.93. The zero-order chi connectivity index (χ0) is 18.6. The Morgan fingerprint density at radius 1 is 1.15 bits per heavy atom. The number of nitrogens with zero attached hydrogens (tertiary/aromatic N) is 6. The molecule has 1 fully saturated rings. The third kappa shape index (κ3) is 4.20. The molecule has 138 valence electrons. The molecule has 4 heterocycles. The van der Waals surface area contributed by atoms with Crippen LogP contribution in [0.25, 0.3) is 11.3 Å². The molecule has 9 heteroatoms. The minimum absolute atomic E-state index is 0.159. The van der Waals surface area contributed by atoms with E-state index < -0.39 is 0 Å². The first-order chi connectivity index (χ1) is 13.2. The third-order valence-corrected chi connectivity index (χ3v) is 4.66. The monoisotopic (exact) mass is 428 g/mol. The summed E-state index contributed by atoms with van der Waals surface area (Å²) < 4.78 is 8.13. The number of aromatic nitrogens is 5. The maximum Gasteiger partial charge on any atom is 0.266 e. The SMILES string of the molecule is O=c1ccc(-c2ccncc2)nn1C[C@@H]1CN(c2ncc(Br)cn2)CCO1. The van der Waals surface area contributed by atoms with Crippen LogP contribution in [0.1, 0.15) is 0 Å². The van der Waals surface area contributed by atoms with Gasteiger partial charge in [0, 0.05) is 49.5 Å². The van der Waals surface area contributed by atoms with Gasteiger partial charge in [0.1, 0.15) is 0 Å². The highest BCUT2D eigenvalue weighted by atomic mass is 79.9. The van der Waals surface area contributed by atoms with Crippen molar-refractivity contribution in [3.8, 4) is 11.3 Å². The summed E-state index contributed by atoms with van der Waals surface area (Å²) in [6, 6.07) is 6.97. The second-order valence-electron chi connectivity index (χ2n) is 6.11. The normalized spacial score (nSPS) is 17.1. The Morgan fingerprint density at radius 3 is 2.70 bits per heavy atom. The molecule has 0 radical (unpaired) electrons. The van der Waals surface area contributed by atoms with E-state index >= 15 is 0 Å². The molecule has 3 aromatic heterocycles. The molecule has 0 saturated carbocycles. The average molecular weight is 429 g/mol. The smallest absolute Gasteiger partial charge is 0.266 e. The van der Waals surface area contributed by atoms with Crippen LogP contribution in [0.4, 0.5) is 5.95 Å². The summed E-state index contributed by atoms with van der Waals surface area (Å²) in [6.45, 7) is 2.21. The number of hydrogen-bond donors (Lipinski definition) is 0. The fourth-order valence-corrected chi connectivity index (χ4v) is 3.13. The van der Waals surface area contributed by atoms with E-state index in [-0.39, 0.29) is 11.7 Å². The fraction of sp³-hybridized carbons (Fsp3) is 0.278. The molecule has 0 spiro atoms. The van der Waals surface area contributed by atoms with Crippen LogP contribution >= 0.6 is 15.9 Å². The van der Waals surface area contributed by atoms with E-state index in [2.05, 4.69) is 40.9 Å². The second-order valence-corrected chi connectivity index (χ2v) is 7.03. The van der Waals surface area contributed by atoms with Crippen LogP contribution in [0.3, 0.4) is 0 Å². The zero-order valence-electron chi connectivity index (χ0n) is 14.4. The van der Waals surface area contributed by atoms with Gasteiger partial charge in [0.2, 0.25) is 5.95 Å². The standard InChI is InChI=1S/C18H17BrN6O2/c19-14-9-21-18(22-10-14)24-7-8-27-15(11-24)12-25-17(26)2-1-16(23-25)13-3-5-20-6-4-13/h1-6,9-10,15H,7-8,11-12H2/t15-/m0/s1. The molecule has 0 bridgehead atoms. The lowest BCUT2D eigenvalue weighted by Crippen LogP contribution is -2.46. The van der Waals surface area contributed by atoms with Gasteiger partial charge in [-0.2, -0.15) is 5.10 Å². The zero-order valence-corrected chi connectivity index (χ0v) is 16.0. The highest BCUT2D eigenvalue weighted by Gasteiger charge is 2.23. The first kappa shape index (κ1) is 17.7. The summed E-state index contributed by atoms with van der Waals surface area (Å²) in [5.74, 6) is 0.650. The molecule has 3 aromatic rings. The molecule has 1 aliphatic rings. The molecule has 4 rings (SSSR count). The van der Waals surface area contributed by atoms with Crippen LogP contribution in [0.2, 0.25) is 0 Å². The topological polar surface area (TPSA) is 86.0 Å². The van der Waals surface area contributed by atoms with Crippen molar-refractivity contribution in [2.75, 3.05) is 24.6 Å². The van der Waals surface area contributed by atoms with Crippen LogP contribution in [0.15, 0.2) is 58.3 Å². The largest absolute Gasteiger partial charge is 0.373 e. The number of morpholine rings is 1. The maximum absolute atomic E-state index is 12.3. The number of anilines is 1. The molecule has 27 heavy (non-hydrogen) atoms. The Morgan fingerprint density at radius 2 is 1.93 bits per heavy atom. The van der Waals surface area contributed by atoms with Crippen molar-refractivity contribution in [3.05, 3.63) is 63.9 Å². The van der Waals surface area contributed by atoms with Crippen LogP contribution in [0.5, 0.6) is 0 Å². The van der Waals surface area contributed by atoms with Crippen LogP contribution in [-0.4, -0.2) is 50.5 Å². The Balaban J connectivity index is 1.51. The summed E-state index contributed by atoms with van der Waals surface area (Å²) >= 11 is 3.34. The molecular weight excluding hydrogens is 412 g/mol. The minimum atomic E-state index is -0.177. The van der Waals surface area contributed by atoms with E-state index in [0.717, 1.165) is 15.7 Å². The number of pyridine rings is 1. The van der Waals surface area contributed by atoms with Gasteiger partial charge in [-0.25, -0.2) is 14.6 Å². The van der Waals surface area contributed by atoms with Crippen molar-refractivity contribution >= 4 is 21.9 Å². The van der Waals surface area contributed by atoms with Gasteiger partial charge in [0.05, 0.1) is 29.4 Å². The second kappa shape index (κ2) is 7.93. The highest BCUT2D eigenvalue weighted by molar-refractivity contribution is 9.10. The molecule has 1 aliphatic heterocycles. The molecule has 8 nitrogen and oxygen atoms in total. The van der Waals surface area contributed by atoms with E-state index in [4.69, 9.17) is 4.74 Å². The van der Waals surface area contributed by atoms with Crippen molar-refractivity contribution in [2.24, 2.45) is 0 Å².